The Kier molecular flexibility index (Phi) is 16.9. The molecule has 24 heavy (non-hydrogen) atoms. The fourth-order valence-corrected chi connectivity index (χ4v) is 1.92. The summed E-state index contributed by atoms with van der Waals surface area (Å²) >= 11 is 0. The zero-order chi connectivity index (χ0) is 18.7. The second-order valence-corrected chi connectivity index (χ2v) is 7.96. The Morgan fingerprint density at radius 1 is 1.17 bits per heavy atom. The number of ketones is 1. The Balaban J connectivity index is -0.000000364. The number of nitrogens with zero attached hydrogens (tertiary/aromatic N) is 1. The zero-order valence-electron chi connectivity index (χ0n) is 16.7. The van der Waals surface area contributed by atoms with Gasteiger partial charge < -0.3 is 18.6 Å². The third-order valence-electron chi connectivity index (χ3n) is 2.94. The number of carbonyl (C=O) groups is 2. The van der Waals surface area contributed by atoms with Crippen LogP contribution in [0.25, 0.3) is 0 Å². The third kappa shape index (κ3) is 18.3. The molecule has 0 fully saturated rings. The number of nitrogens with one attached hydrogen (secondary N) is 1. The van der Waals surface area contributed by atoms with Crippen molar-refractivity contribution < 1.29 is 42.3 Å². The summed E-state index contributed by atoms with van der Waals surface area (Å²) in [5.41, 5.74) is 2.31. The molecule has 0 aliphatic rings. The van der Waals surface area contributed by atoms with Crippen molar-refractivity contribution >= 4 is 17.9 Å². The maximum absolute atomic E-state index is 11.8. The summed E-state index contributed by atoms with van der Waals surface area (Å²) in [6.07, 6.45) is 4.54. The number of carbonyl (C=O) groups excluding carboxylic acids is 2. The molecule has 0 aromatic carbocycles. The molecule has 0 spiro atoms. The van der Waals surface area contributed by atoms with Gasteiger partial charge in [-0.2, -0.15) is 11.5 Å². The van der Waals surface area contributed by atoms with E-state index in [-0.39, 0.29) is 61.1 Å². The standard InChI is InChI=1S/C12H23O.C7H13N2O.Y/c1-9(8-11(2,3)4)10(13)12(5,6)7;1-3-5-6-7(10)9-8-4-2;/h9H,1,8H2,2-7H3;4H,1,3,5-6H2,2H3,(H,9,10);/q2*-1;/b;8-4-;. The van der Waals surface area contributed by atoms with Crippen molar-refractivity contribution in [2.24, 2.45) is 21.8 Å². The van der Waals surface area contributed by atoms with Gasteiger partial charge in [0.2, 0.25) is 5.91 Å². The molecule has 1 N–H and O–H groups in total. The smallest absolute Gasteiger partial charge is 0.239 e. The first kappa shape index (κ1) is 28.7. The number of hydrogen-bond acceptors (Lipinski definition) is 3. The SMILES string of the molecule is [CH2-]C(CC(C)(C)C)C(=O)C(C)(C)C.[CH2-]CCCC(=O)N/N=C\C.[Y]. The average Bonchev–Trinajstić information content (AvgIpc) is 2.39. The number of rotatable bonds is 6. The number of hydrazone groups is 1. The van der Waals surface area contributed by atoms with Crippen molar-refractivity contribution in [1.82, 2.24) is 5.43 Å². The van der Waals surface area contributed by atoms with Crippen LogP contribution in [0.2, 0.25) is 0 Å². The van der Waals surface area contributed by atoms with Gasteiger partial charge in [0.05, 0.1) is 0 Å². The largest absolute Gasteiger partial charge is 0.343 e. The second-order valence-electron chi connectivity index (χ2n) is 7.96. The van der Waals surface area contributed by atoms with Crippen LogP contribution < -0.4 is 5.43 Å². The van der Waals surface area contributed by atoms with Gasteiger partial charge in [0.1, 0.15) is 5.78 Å². The molecule has 0 aliphatic heterocycles. The minimum absolute atomic E-state index is 0. The van der Waals surface area contributed by atoms with E-state index in [0.717, 1.165) is 19.3 Å². The Labute approximate surface area is 174 Å². The number of unbranched alkanes of at least 4 members (excludes halogenated alkanes) is 1. The fourth-order valence-electron chi connectivity index (χ4n) is 1.92. The number of hydrogen-bond donors (Lipinski definition) is 1. The quantitative estimate of drug-likeness (QED) is 0.393. The molecule has 0 rings (SSSR count). The summed E-state index contributed by atoms with van der Waals surface area (Å²) < 4.78 is 0. The van der Waals surface area contributed by atoms with Crippen molar-refractivity contribution in [2.75, 3.05) is 0 Å². The molecule has 1 atom stereocenters. The van der Waals surface area contributed by atoms with Crippen molar-refractivity contribution in [3.8, 4) is 0 Å². The minimum atomic E-state index is -0.252. The summed E-state index contributed by atoms with van der Waals surface area (Å²) in [4.78, 5) is 22.5. The summed E-state index contributed by atoms with van der Waals surface area (Å²) in [7, 11) is 0. The Morgan fingerprint density at radius 2 is 1.67 bits per heavy atom. The molecule has 139 valence electrons. The van der Waals surface area contributed by atoms with E-state index in [9.17, 15) is 9.59 Å². The van der Waals surface area contributed by atoms with Gasteiger partial charge in [0.25, 0.3) is 0 Å². The van der Waals surface area contributed by atoms with E-state index in [1.54, 1.807) is 13.1 Å². The van der Waals surface area contributed by atoms with Gasteiger partial charge in [-0.25, -0.2) is 5.43 Å². The molecule has 1 unspecified atom stereocenters. The van der Waals surface area contributed by atoms with Crippen LogP contribution in [0.3, 0.4) is 0 Å². The van der Waals surface area contributed by atoms with Gasteiger partial charge in [0, 0.05) is 50.8 Å². The van der Waals surface area contributed by atoms with Crippen LogP contribution in [0.1, 0.15) is 74.1 Å². The summed E-state index contributed by atoms with van der Waals surface area (Å²) in [6, 6.07) is 0. The van der Waals surface area contributed by atoms with Crippen LogP contribution in [0.4, 0.5) is 0 Å². The Morgan fingerprint density at radius 3 is 2.00 bits per heavy atom. The molecular weight excluding hydrogens is 377 g/mol. The predicted octanol–water partition coefficient (Wildman–Crippen LogP) is 4.60. The summed E-state index contributed by atoms with van der Waals surface area (Å²) in [5.74, 6) is 0.157. The van der Waals surface area contributed by atoms with Crippen LogP contribution in [-0.4, -0.2) is 17.9 Å². The molecule has 1 radical (unpaired) electrons. The molecule has 1 amide bonds. The van der Waals surface area contributed by atoms with Crippen LogP contribution in [0.15, 0.2) is 5.10 Å². The van der Waals surface area contributed by atoms with E-state index >= 15 is 0 Å². The predicted molar refractivity (Wildman–Crippen MR) is 98.9 cm³/mol. The first-order chi connectivity index (χ1) is 10.3. The number of amides is 1. The van der Waals surface area contributed by atoms with E-state index in [1.807, 2.05) is 20.8 Å². The third-order valence-corrected chi connectivity index (χ3v) is 2.94. The van der Waals surface area contributed by atoms with Crippen molar-refractivity contribution in [2.45, 2.75) is 74.1 Å². The van der Waals surface area contributed by atoms with E-state index in [0.29, 0.717) is 6.42 Å². The second kappa shape index (κ2) is 14.1. The molecule has 0 aromatic rings. The monoisotopic (exact) mass is 413 g/mol. The molecule has 0 aliphatic carbocycles. The van der Waals surface area contributed by atoms with Gasteiger partial charge in [-0.3, -0.25) is 4.79 Å². The van der Waals surface area contributed by atoms with Crippen LogP contribution in [0, 0.1) is 30.6 Å². The molecule has 0 saturated carbocycles. The van der Waals surface area contributed by atoms with Crippen LogP contribution in [-0.2, 0) is 42.3 Å². The van der Waals surface area contributed by atoms with Crippen molar-refractivity contribution in [3.05, 3.63) is 13.8 Å². The average molecular weight is 413 g/mol. The van der Waals surface area contributed by atoms with E-state index in [2.05, 4.69) is 45.1 Å². The molecule has 0 aromatic heterocycles. The minimum Gasteiger partial charge on any atom is -0.343 e. The summed E-state index contributed by atoms with van der Waals surface area (Å²) in [6.45, 7) is 21.6. The van der Waals surface area contributed by atoms with Gasteiger partial charge in [0.15, 0.2) is 0 Å². The normalized spacial score (nSPS) is 12.7. The van der Waals surface area contributed by atoms with Crippen molar-refractivity contribution in [1.29, 1.82) is 0 Å². The van der Waals surface area contributed by atoms with Crippen molar-refractivity contribution in [3.63, 3.8) is 0 Å². The van der Waals surface area contributed by atoms with Gasteiger partial charge in [-0.15, -0.1) is 5.92 Å². The maximum Gasteiger partial charge on any atom is 0.239 e. The van der Waals surface area contributed by atoms with Gasteiger partial charge >= 0.3 is 0 Å². The molecule has 0 bridgehead atoms. The first-order valence-electron chi connectivity index (χ1n) is 8.28. The van der Waals surface area contributed by atoms with E-state index in [4.69, 9.17) is 0 Å². The van der Waals surface area contributed by atoms with Gasteiger partial charge in [-0.1, -0.05) is 54.4 Å². The topological polar surface area (TPSA) is 58.5 Å². The Bertz CT molecular complexity index is 380. The van der Waals surface area contributed by atoms with Crippen LogP contribution >= 0.6 is 0 Å². The molecular formula is C19H36N2O2Y-2. The number of Topliss-reactive ketones (excluding diaryl/α,β-unsaturated/α-hetero) is 1. The zero-order valence-corrected chi connectivity index (χ0v) is 19.6. The molecule has 0 saturated heterocycles. The summed E-state index contributed by atoms with van der Waals surface area (Å²) in [5, 5.41) is 3.58. The van der Waals surface area contributed by atoms with Gasteiger partial charge in [-0.05, 0) is 12.3 Å². The molecule has 4 nitrogen and oxygen atoms in total. The Hall–Kier alpha value is -0.0861. The molecule has 0 heterocycles. The first-order valence-corrected chi connectivity index (χ1v) is 8.28. The molecule has 5 heteroatoms. The van der Waals surface area contributed by atoms with E-state index < -0.39 is 0 Å². The fraction of sp³-hybridized carbons (Fsp3) is 0.737. The van der Waals surface area contributed by atoms with E-state index in [1.165, 1.54) is 0 Å². The maximum atomic E-state index is 11.8. The van der Waals surface area contributed by atoms with Crippen LogP contribution in [0.5, 0.6) is 0 Å².